The van der Waals surface area contributed by atoms with Crippen LogP contribution in [-0.4, -0.2) is 20.7 Å². The molecule has 2 atom stereocenters. The van der Waals surface area contributed by atoms with Gasteiger partial charge in [-0.2, -0.15) is 0 Å². The first-order valence-corrected chi connectivity index (χ1v) is 9.66. The quantitative estimate of drug-likeness (QED) is 0.574. The predicted molar refractivity (Wildman–Crippen MR) is 104 cm³/mol. The smallest absolute Gasteiger partial charge is 0.262 e. The Hall–Kier alpha value is -1.82. The summed E-state index contributed by atoms with van der Waals surface area (Å²) in [5.41, 5.74) is 6.00. The van der Waals surface area contributed by atoms with Crippen LogP contribution in [-0.2, 0) is 4.79 Å². The molecule has 5 nitrogen and oxygen atoms in total. The SMILES string of the molecule is CC(C)CCC[C@@H](C)n1c(S[C@@H](C)C(N)=O)nc2ccccc2c1=O. The second-order valence-corrected chi connectivity index (χ2v) is 8.23. The van der Waals surface area contributed by atoms with Gasteiger partial charge in [-0.3, -0.25) is 14.2 Å². The van der Waals surface area contributed by atoms with E-state index in [-0.39, 0.29) is 11.6 Å². The number of thioether (sulfide) groups is 1. The van der Waals surface area contributed by atoms with Crippen molar-refractivity contribution in [1.29, 1.82) is 0 Å². The molecule has 0 aliphatic rings. The molecular weight excluding hydrogens is 334 g/mol. The van der Waals surface area contributed by atoms with E-state index >= 15 is 0 Å². The molecule has 0 bridgehead atoms. The van der Waals surface area contributed by atoms with Gasteiger partial charge in [0.05, 0.1) is 16.2 Å². The number of hydrogen-bond acceptors (Lipinski definition) is 4. The Morgan fingerprint density at radius 1 is 1.20 bits per heavy atom. The van der Waals surface area contributed by atoms with Crippen LogP contribution in [0.25, 0.3) is 10.9 Å². The summed E-state index contributed by atoms with van der Waals surface area (Å²) >= 11 is 1.25. The summed E-state index contributed by atoms with van der Waals surface area (Å²) in [5.74, 6) is 0.230. The lowest BCUT2D eigenvalue weighted by Crippen LogP contribution is -2.29. The largest absolute Gasteiger partial charge is 0.369 e. The molecular formula is C19H27N3O2S. The average molecular weight is 362 g/mol. The number of carbonyl (C=O) groups is 1. The summed E-state index contributed by atoms with van der Waals surface area (Å²) in [6.07, 6.45) is 3.07. The minimum atomic E-state index is -0.442. The number of nitrogens with zero attached hydrogens (tertiary/aromatic N) is 2. The number of nitrogens with two attached hydrogens (primary N) is 1. The van der Waals surface area contributed by atoms with E-state index in [0.29, 0.717) is 22.0 Å². The molecule has 0 unspecified atom stereocenters. The van der Waals surface area contributed by atoms with Crippen LogP contribution >= 0.6 is 11.8 Å². The summed E-state index contributed by atoms with van der Waals surface area (Å²) in [6, 6.07) is 7.35. The first-order chi connectivity index (χ1) is 11.8. The lowest BCUT2D eigenvalue weighted by molar-refractivity contribution is -0.117. The molecule has 1 heterocycles. The Morgan fingerprint density at radius 3 is 2.52 bits per heavy atom. The number of benzene rings is 1. The number of aromatic nitrogens is 2. The van der Waals surface area contributed by atoms with Crippen LogP contribution in [0.15, 0.2) is 34.2 Å². The molecule has 0 aliphatic heterocycles. The van der Waals surface area contributed by atoms with E-state index in [0.717, 1.165) is 19.3 Å². The van der Waals surface area contributed by atoms with Crippen LogP contribution in [0.2, 0.25) is 0 Å². The van der Waals surface area contributed by atoms with Gasteiger partial charge < -0.3 is 5.73 Å². The third-order valence-corrected chi connectivity index (χ3v) is 5.39. The normalized spacial score (nSPS) is 14.0. The molecule has 0 spiro atoms. The molecule has 6 heteroatoms. The molecule has 0 saturated carbocycles. The number of rotatable bonds is 8. The van der Waals surface area contributed by atoms with Gasteiger partial charge in [0.25, 0.3) is 5.56 Å². The number of hydrogen-bond donors (Lipinski definition) is 1. The molecule has 1 amide bonds. The van der Waals surface area contributed by atoms with Crippen molar-refractivity contribution < 1.29 is 4.79 Å². The highest BCUT2D eigenvalue weighted by molar-refractivity contribution is 8.00. The Balaban J connectivity index is 2.44. The Morgan fingerprint density at radius 2 is 1.88 bits per heavy atom. The second kappa shape index (κ2) is 8.52. The number of fused-ring (bicyclic) bond motifs is 1. The minimum Gasteiger partial charge on any atom is -0.369 e. The average Bonchev–Trinajstić information content (AvgIpc) is 2.54. The molecule has 2 aromatic rings. The van der Waals surface area contributed by atoms with Gasteiger partial charge in [-0.1, -0.05) is 50.6 Å². The van der Waals surface area contributed by atoms with Crippen molar-refractivity contribution in [2.45, 2.75) is 63.4 Å². The highest BCUT2D eigenvalue weighted by Crippen LogP contribution is 2.26. The molecule has 2 rings (SSSR count). The van der Waals surface area contributed by atoms with Crippen molar-refractivity contribution in [2.24, 2.45) is 11.7 Å². The summed E-state index contributed by atoms with van der Waals surface area (Å²) in [6.45, 7) is 8.17. The fourth-order valence-electron chi connectivity index (χ4n) is 2.76. The Bertz CT molecular complexity index is 801. The van der Waals surface area contributed by atoms with E-state index in [4.69, 9.17) is 5.73 Å². The van der Waals surface area contributed by atoms with Gasteiger partial charge in [-0.15, -0.1) is 0 Å². The molecule has 1 aromatic heterocycles. The molecule has 0 fully saturated rings. The molecule has 0 saturated heterocycles. The van der Waals surface area contributed by atoms with Crippen molar-refractivity contribution in [3.63, 3.8) is 0 Å². The zero-order valence-corrected chi connectivity index (χ0v) is 16.2. The van der Waals surface area contributed by atoms with Crippen molar-refractivity contribution >= 4 is 28.6 Å². The van der Waals surface area contributed by atoms with Gasteiger partial charge in [-0.05, 0) is 38.3 Å². The molecule has 1 aromatic carbocycles. The van der Waals surface area contributed by atoms with Gasteiger partial charge in [0, 0.05) is 6.04 Å². The highest BCUT2D eigenvalue weighted by atomic mass is 32.2. The highest BCUT2D eigenvalue weighted by Gasteiger charge is 2.20. The maximum Gasteiger partial charge on any atom is 0.262 e. The zero-order valence-electron chi connectivity index (χ0n) is 15.4. The second-order valence-electron chi connectivity index (χ2n) is 6.92. The minimum absolute atomic E-state index is 0.0194. The molecule has 0 radical (unpaired) electrons. The van der Waals surface area contributed by atoms with E-state index < -0.39 is 11.2 Å². The molecule has 25 heavy (non-hydrogen) atoms. The standard InChI is InChI=1S/C19H27N3O2S/c1-12(2)8-7-9-13(3)22-18(24)15-10-5-6-11-16(15)21-19(22)25-14(4)17(20)23/h5-6,10-14H,7-9H2,1-4H3,(H2,20,23)/t13-,14+/m1/s1. The number of para-hydroxylation sites is 1. The van der Waals surface area contributed by atoms with E-state index in [1.54, 1.807) is 17.6 Å². The van der Waals surface area contributed by atoms with E-state index in [9.17, 15) is 9.59 Å². The van der Waals surface area contributed by atoms with Crippen LogP contribution in [0.3, 0.4) is 0 Å². The maximum atomic E-state index is 13.0. The topological polar surface area (TPSA) is 78.0 Å². The van der Waals surface area contributed by atoms with Crippen LogP contribution in [0.4, 0.5) is 0 Å². The van der Waals surface area contributed by atoms with Crippen molar-refractivity contribution in [3.05, 3.63) is 34.6 Å². The monoisotopic (exact) mass is 361 g/mol. The number of carbonyl (C=O) groups excluding carboxylic acids is 1. The fraction of sp³-hybridized carbons (Fsp3) is 0.526. The third kappa shape index (κ3) is 4.84. The van der Waals surface area contributed by atoms with E-state index in [1.807, 2.05) is 25.1 Å². The predicted octanol–water partition coefficient (Wildman–Crippen LogP) is 3.75. The summed E-state index contributed by atoms with van der Waals surface area (Å²) in [5, 5.41) is 0.725. The number of primary amides is 1. The fourth-order valence-corrected chi connectivity index (χ4v) is 3.72. The van der Waals surface area contributed by atoms with E-state index in [1.165, 1.54) is 11.8 Å². The van der Waals surface area contributed by atoms with Crippen molar-refractivity contribution in [3.8, 4) is 0 Å². The van der Waals surface area contributed by atoms with Gasteiger partial charge >= 0.3 is 0 Å². The summed E-state index contributed by atoms with van der Waals surface area (Å²) in [7, 11) is 0. The maximum absolute atomic E-state index is 13.0. The zero-order chi connectivity index (χ0) is 18.6. The molecule has 2 N–H and O–H groups in total. The third-order valence-electron chi connectivity index (χ3n) is 4.30. The van der Waals surface area contributed by atoms with Crippen LogP contribution in [0.5, 0.6) is 0 Å². The van der Waals surface area contributed by atoms with Crippen LogP contribution in [0, 0.1) is 5.92 Å². The molecule has 136 valence electrons. The number of amides is 1. The van der Waals surface area contributed by atoms with Gasteiger partial charge in [0.15, 0.2) is 5.16 Å². The Kier molecular flexibility index (Phi) is 6.64. The van der Waals surface area contributed by atoms with Gasteiger partial charge in [0.1, 0.15) is 0 Å². The van der Waals surface area contributed by atoms with Crippen molar-refractivity contribution in [1.82, 2.24) is 9.55 Å². The van der Waals surface area contributed by atoms with Gasteiger partial charge in [-0.25, -0.2) is 4.98 Å². The van der Waals surface area contributed by atoms with Crippen molar-refractivity contribution in [2.75, 3.05) is 0 Å². The first kappa shape index (κ1) is 19.5. The van der Waals surface area contributed by atoms with Gasteiger partial charge in [0.2, 0.25) is 5.91 Å². The van der Waals surface area contributed by atoms with Crippen LogP contribution in [0.1, 0.15) is 53.0 Å². The summed E-state index contributed by atoms with van der Waals surface area (Å²) < 4.78 is 1.73. The van der Waals surface area contributed by atoms with Crippen LogP contribution < -0.4 is 11.3 Å². The van der Waals surface area contributed by atoms with E-state index in [2.05, 4.69) is 18.8 Å². The first-order valence-electron chi connectivity index (χ1n) is 8.78. The molecule has 0 aliphatic carbocycles. The lowest BCUT2D eigenvalue weighted by atomic mass is 10.0. The lowest BCUT2D eigenvalue weighted by Gasteiger charge is -2.21. The summed E-state index contributed by atoms with van der Waals surface area (Å²) in [4.78, 5) is 29.1. The Labute approximate surface area is 153 Å².